The molecule has 1 fully saturated rings. The monoisotopic (exact) mass is 369 g/mol. The van der Waals surface area contributed by atoms with Gasteiger partial charge >= 0.3 is 12.4 Å². The highest BCUT2D eigenvalue weighted by atomic mass is 19.4. The van der Waals surface area contributed by atoms with Crippen LogP contribution in [-0.4, -0.2) is 37.6 Å². The van der Waals surface area contributed by atoms with Crippen molar-refractivity contribution >= 4 is 5.91 Å². The Kier molecular flexibility index (Phi) is 5.65. The predicted octanol–water partition coefficient (Wildman–Crippen LogP) is 3.76. The zero-order valence-corrected chi connectivity index (χ0v) is 13.4. The maximum atomic E-state index is 12.9. The molecule has 0 bridgehead atoms. The van der Waals surface area contributed by atoms with Crippen molar-refractivity contribution in [3.63, 3.8) is 0 Å². The molecule has 0 unspecified atom stereocenters. The number of carbonyl (C=O) groups is 1. The molecule has 0 aliphatic carbocycles. The van der Waals surface area contributed by atoms with Gasteiger partial charge in [0.25, 0.3) is 0 Å². The first-order valence-corrected chi connectivity index (χ1v) is 7.55. The third-order valence-corrected chi connectivity index (χ3v) is 4.03. The molecule has 1 aliphatic heterocycles. The van der Waals surface area contributed by atoms with Crippen molar-refractivity contribution in [2.45, 2.75) is 25.2 Å². The highest BCUT2D eigenvalue weighted by Crippen LogP contribution is 2.37. The smallest absolute Gasteiger partial charge is 0.383 e. The standard InChI is InChI=1S/C16H17F6NO2/c1-25-3-2-23-9-11(7-14(23)24)4-10-5-12(15(17,18)19)8-13(6-10)16(20,21)22/h5-6,8,11H,2-4,7,9H2,1H3/t11-/m1/s1. The lowest BCUT2D eigenvalue weighted by Gasteiger charge is -2.17. The van der Waals surface area contributed by atoms with Crippen molar-refractivity contribution in [2.75, 3.05) is 26.8 Å². The average molecular weight is 369 g/mol. The van der Waals surface area contributed by atoms with Crippen LogP contribution in [0, 0.1) is 5.92 Å². The van der Waals surface area contributed by atoms with Crippen molar-refractivity contribution in [3.8, 4) is 0 Å². The highest BCUT2D eigenvalue weighted by molar-refractivity contribution is 5.78. The summed E-state index contributed by atoms with van der Waals surface area (Å²) in [6.45, 7) is 0.961. The van der Waals surface area contributed by atoms with Gasteiger partial charge in [0.2, 0.25) is 5.91 Å². The van der Waals surface area contributed by atoms with E-state index in [0.29, 0.717) is 19.7 Å². The molecule has 1 saturated heterocycles. The number of rotatable bonds is 5. The minimum Gasteiger partial charge on any atom is -0.383 e. The topological polar surface area (TPSA) is 29.5 Å². The number of alkyl halides is 6. The maximum absolute atomic E-state index is 12.9. The van der Waals surface area contributed by atoms with Gasteiger partial charge in [-0.3, -0.25) is 4.79 Å². The molecule has 9 heteroatoms. The summed E-state index contributed by atoms with van der Waals surface area (Å²) in [5, 5.41) is 0. The number of amides is 1. The first kappa shape index (κ1) is 19.6. The quantitative estimate of drug-likeness (QED) is 0.740. The number of nitrogens with zero attached hydrogens (tertiary/aromatic N) is 1. The molecular formula is C16H17F6NO2. The number of hydrogen-bond acceptors (Lipinski definition) is 2. The Hall–Kier alpha value is -1.77. The van der Waals surface area contributed by atoms with Crippen molar-refractivity contribution in [1.82, 2.24) is 4.90 Å². The lowest BCUT2D eigenvalue weighted by Crippen LogP contribution is -2.28. The second kappa shape index (κ2) is 7.23. The lowest BCUT2D eigenvalue weighted by molar-refractivity contribution is -0.143. The van der Waals surface area contributed by atoms with Crippen LogP contribution < -0.4 is 0 Å². The summed E-state index contributed by atoms with van der Waals surface area (Å²) in [6, 6.07) is 1.54. The summed E-state index contributed by atoms with van der Waals surface area (Å²) in [6.07, 6.45) is -9.67. The molecule has 0 N–H and O–H groups in total. The van der Waals surface area contributed by atoms with Gasteiger partial charge in [0.15, 0.2) is 0 Å². The van der Waals surface area contributed by atoms with Gasteiger partial charge < -0.3 is 9.64 Å². The zero-order valence-electron chi connectivity index (χ0n) is 13.4. The number of benzene rings is 1. The molecule has 1 aliphatic rings. The lowest BCUT2D eigenvalue weighted by atomic mass is 9.95. The van der Waals surface area contributed by atoms with E-state index < -0.39 is 23.5 Å². The van der Waals surface area contributed by atoms with Gasteiger partial charge in [-0.25, -0.2) is 0 Å². The van der Waals surface area contributed by atoms with Gasteiger partial charge in [-0.15, -0.1) is 0 Å². The van der Waals surface area contributed by atoms with Gasteiger partial charge in [0, 0.05) is 26.6 Å². The van der Waals surface area contributed by atoms with E-state index in [0.717, 1.165) is 12.1 Å². The molecule has 1 aromatic carbocycles. The van der Waals surface area contributed by atoms with E-state index in [-0.39, 0.29) is 36.3 Å². The van der Waals surface area contributed by atoms with E-state index in [1.54, 1.807) is 0 Å². The number of carbonyl (C=O) groups excluding carboxylic acids is 1. The molecule has 1 atom stereocenters. The van der Waals surface area contributed by atoms with Crippen molar-refractivity contribution in [1.29, 1.82) is 0 Å². The average Bonchev–Trinajstić information content (AvgIpc) is 2.82. The molecule has 0 spiro atoms. The van der Waals surface area contributed by atoms with E-state index >= 15 is 0 Å². The molecule has 1 amide bonds. The zero-order chi connectivity index (χ0) is 18.8. The Balaban J connectivity index is 2.20. The van der Waals surface area contributed by atoms with Crippen molar-refractivity contribution < 1.29 is 35.9 Å². The van der Waals surface area contributed by atoms with Crippen LogP contribution in [0.15, 0.2) is 18.2 Å². The molecule has 0 aromatic heterocycles. The SMILES string of the molecule is COCCN1C[C@H](Cc2cc(C(F)(F)F)cc(C(F)(F)F)c2)CC1=O. The summed E-state index contributed by atoms with van der Waals surface area (Å²) in [5.74, 6) is -0.501. The second-order valence-electron chi connectivity index (χ2n) is 6.02. The van der Waals surface area contributed by atoms with Crippen LogP contribution >= 0.6 is 0 Å². The number of likely N-dealkylation sites (tertiary alicyclic amines) is 1. The van der Waals surface area contributed by atoms with Crippen LogP contribution in [-0.2, 0) is 28.3 Å². The van der Waals surface area contributed by atoms with Gasteiger partial charge in [-0.05, 0) is 36.1 Å². The summed E-state index contributed by atoms with van der Waals surface area (Å²) in [7, 11) is 1.47. The molecule has 0 saturated carbocycles. The minimum atomic E-state index is -4.87. The Bertz CT molecular complexity index is 594. The third kappa shape index (κ3) is 5.10. The summed E-state index contributed by atoms with van der Waals surface area (Å²) >= 11 is 0. The second-order valence-corrected chi connectivity index (χ2v) is 6.02. The van der Waals surface area contributed by atoms with Crippen LogP contribution in [0.25, 0.3) is 0 Å². The fraction of sp³-hybridized carbons (Fsp3) is 0.562. The molecule has 25 heavy (non-hydrogen) atoms. The minimum absolute atomic E-state index is 0.0256. The van der Waals surface area contributed by atoms with Crippen LogP contribution in [0.4, 0.5) is 26.3 Å². The van der Waals surface area contributed by atoms with Gasteiger partial charge in [-0.1, -0.05) is 0 Å². The van der Waals surface area contributed by atoms with Gasteiger partial charge in [0.05, 0.1) is 17.7 Å². The largest absolute Gasteiger partial charge is 0.416 e. The van der Waals surface area contributed by atoms with Gasteiger partial charge in [-0.2, -0.15) is 26.3 Å². The van der Waals surface area contributed by atoms with Crippen LogP contribution in [0.5, 0.6) is 0 Å². The van der Waals surface area contributed by atoms with Crippen molar-refractivity contribution in [2.24, 2.45) is 5.92 Å². The number of methoxy groups -OCH3 is 1. The third-order valence-electron chi connectivity index (χ3n) is 4.03. The molecule has 0 radical (unpaired) electrons. The normalized spacial score (nSPS) is 18.9. The molecule has 2 rings (SSSR count). The molecule has 3 nitrogen and oxygen atoms in total. The van der Waals surface area contributed by atoms with Crippen LogP contribution in [0.1, 0.15) is 23.1 Å². The molecule has 140 valence electrons. The van der Waals surface area contributed by atoms with E-state index in [2.05, 4.69) is 0 Å². The molecular weight excluding hydrogens is 352 g/mol. The number of halogens is 6. The maximum Gasteiger partial charge on any atom is 0.416 e. The Morgan fingerprint density at radius 3 is 2.12 bits per heavy atom. The fourth-order valence-electron chi connectivity index (χ4n) is 2.88. The van der Waals surface area contributed by atoms with E-state index in [1.165, 1.54) is 12.0 Å². The predicted molar refractivity (Wildman–Crippen MR) is 76.7 cm³/mol. The van der Waals surface area contributed by atoms with E-state index in [1.807, 2.05) is 0 Å². The first-order valence-electron chi connectivity index (χ1n) is 7.55. The fourth-order valence-corrected chi connectivity index (χ4v) is 2.88. The summed E-state index contributed by atoms with van der Waals surface area (Å²) in [5.41, 5.74) is -2.75. The number of hydrogen-bond donors (Lipinski definition) is 0. The van der Waals surface area contributed by atoms with Crippen LogP contribution in [0.2, 0.25) is 0 Å². The molecule has 1 aromatic rings. The summed E-state index contributed by atoms with van der Waals surface area (Å²) in [4.78, 5) is 13.3. The van der Waals surface area contributed by atoms with Crippen molar-refractivity contribution in [3.05, 3.63) is 34.9 Å². The van der Waals surface area contributed by atoms with E-state index in [4.69, 9.17) is 4.74 Å². The Morgan fingerprint density at radius 2 is 1.64 bits per heavy atom. The first-order chi connectivity index (χ1) is 11.5. The summed E-state index contributed by atoms with van der Waals surface area (Å²) < 4.78 is 82.1. The van der Waals surface area contributed by atoms with Crippen LogP contribution in [0.3, 0.4) is 0 Å². The van der Waals surface area contributed by atoms with E-state index in [9.17, 15) is 31.1 Å². The Morgan fingerprint density at radius 1 is 1.08 bits per heavy atom. The van der Waals surface area contributed by atoms with Gasteiger partial charge in [0.1, 0.15) is 0 Å². The Labute approximate surface area is 140 Å². The highest BCUT2D eigenvalue weighted by Gasteiger charge is 2.37. The molecule has 1 heterocycles. The number of ether oxygens (including phenoxy) is 1.